The SMILES string of the molecule is Cc1ccc(C(C(C)C(N)=O)(N2CC3CN(C(=O)c4c(C)cccc4C)CC3C2)C2(C(=O)O)CCCC2)cc1Cl. The number of nitrogens with zero attached hydrogens (tertiary/aromatic N) is 2. The van der Waals surface area contributed by atoms with Gasteiger partial charge >= 0.3 is 5.97 Å². The first-order valence-corrected chi connectivity index (χ1v) is 14.7. The topological polar surface area (TPSA) is 104 Å². The number of rotatable bonds is 7. The zero-order valence-corrected chi connectivity index (χ0v) is 24.6. The zero-order valence-electron chi connectivity index (χ0n) is 23.9. The molecule has 5 rings (SSSR count). The highest BCUT2D eigenvalue weighted by molar-refractivity contribution is 6.31. The molecule has 1 saturated carbocycles. The highest BCUT2D eigenvalue weighted by Gasteiger charge is 2.66. The largest absolute Gasteiger partial charge is 0.481 e. The maximum atomic E-state index is 13.6. The van der Waals surface area contributed by atoms with Gasteiger partial charge in [-0.3, -0.25) is 19.3 Å². The predicted octanol–water partition coefficient (Wildman–Crippen LogP) is 4.93. The molecular formula is C32H40ClN3O4. The zero-order chi connectivity index (χ0) is 29.0. The molecule has 214 valence electrons. The molecule has 3 fully saturated rings. The molecular weight excluding hydrogens is 526 g/mol. The first-order valence-electron chi connectivity index (χ1n) is 14.3. The average molecular weight is 566 g/mol. The lowest BCUT2D eigenvalue weighted by atomic mass is 9.57. The number of amides is 2. The van der Waals surface area contributed by atoms with Gasteiger partial charge < -0.3 is 15.7 Å². The fourth-order valence-electron chi connectivity index (χ4n) is 8.23. The van der Waals surface area contributed by atoms with Gasteiger partial charge in [0.2, 0.25) is 5.91 Å². The number of hydrogen-bond acceptors (Lipinski definition) is 4. The van der Waals surface area contributed by atoms with Crippen LogP contribution in [-0.4, -0.2) is 58.9 Å². The van der Waals surface area contributed by atoms with Crippen molar-refractivity contribution in [1.82, 2.24) is 9.80 Å². The number of halogens is 1. The van der Waals surface area contributed by atoms with Crippen molar-refractivity contribution in [1.29, 1.82) is 0 Å². The van der Waals surface area contributed by atoms with Crippen molar-refractivity contribution in [2.45, 2.75) is 58.9 Å². The van der Waals surface area contributed by atoms with Crippen molar-refractivity contribution in [3.05, 3.63) is 69.2 Å². The molecule has 2 heterocycles. The van der Waals surface area contributed by atoms with Gasteiger partial charge in [-0.05, 0) is 73.8 Å². The number of carbonyl (C=O) groups is 3. The number of aliphatic carboxylic acids is 1. The van der Waals surface area contributed by atoms with Crippen LogP contribution in [0.1, 0.15) is 65.2 Å². The molecule has 4 atom stereocenters. The van der Waals surface area contributed by atoms with Gasteiger partial charge in [-0.2, -0.15) is 0 Å². The minimum Gasteiger partial charge on any atom is -0.481 e. The minimum atomic E-state index is -1.19. The van der Waals surface area contributed by atoms with E-state index in [1.54, 1.807) is 6.92 Å². The van der Waals surface area contributed by atoms with Gasteiger partial charge in [0.15, 0.2) is 0 Å². The van der Waals surface area contributed by atoms with Crippen LogP contribution < -0.4 is 5.73 Å². The molecule has 7 nitrogen and oxygen atoms in total. The molecule has 4 unspecified atom stereocenters. The number of hydrogen-bond donors (Lipinski definition) is 2. The van der Waals surface area contributed by atoms with Crippen molar-refractivity contribution in [3.63, 3.8) is 0 Å². The number of primary amides is 1. The highest BCUT2D eigenvalue weighted by Crippen LogP contribution is 2.60. The number of likely N-dealkylation sites (tertiary alicyclic amines) is 2. The highest BCUT2D eigenvalue weighted by atomic mass is 35.5. The normalized spacial score (nSPS) is 24.5. The van der Waals surface area contributed by atoms with Crippen LogP contribution in [0.25, 0.3) is 0 Å². The predicted molar refractivity (Wildman–Crippen MR) is 155 cm³/mol. The quantitative estimate of drug-likeness (QED) is 0.495. The maximum absolute atomic E-state index is 13.6. The van der Waals surface area contributed by atoms with Gasteiger partial charge in [-0.25, -0.2) is 0 Å². The smallest absolute Gasteiger partial charge is 0.311 e. The average Bonchev–Trinajstić information content (AvgIpc) is 3.63. The molecule has 2 amide bonds. The third-order valence-electron chi connectivity index (χ3n) is 10.2. The van der Waals surface area contributed by atoms with E-state index in [-0.39, 0.29) is 17.7 Å². The molecule has 2 aromatic carbocycles. The Morgan fingerprint density at radius 1 is 0.975 bits per heavy atom. The summed E-state index contributed by atoms with van der Waals surface area (Å²) in [7, 11) is 0. The summed E-state index contributed by atoms with van der Waals surface area (Å²) < 4.78 is 0. The van der Waals surface area contributed by atoms with Crippen LogP contribution in [0.4, 0.5) is 0 Å². The summed E-state index contributed by atoms with van der Waals surface area (Å²) in [4.78, 5) is 44.2. The minimum absolute atomic E-state index is 0.0523. The Bertz CT molecular complexity index is 1320. The third-order valence-corrected chi connectivity index (χ3v) is 10.6. The number of benzene rings is 2. The summed E-state index contributed by atoms with van der Waals surface area (Å²) in [5, 5.41) is 11.5. The lowest BCUT2D eigenvalue weighted by Crippen LogP contribution is -2.65. The summed E-state index contributed by atoms with van der Waals surface area (Å²) in [5.41, 5.74) is 8.03. The summed E-state index contributed by atoms with van der Waals surface area (Å²) in [6.45, 7) is 10.0. The molecule has 0 aromatic heterocycles. The molecule has 3 N–H and O–H groups in total. The second-order valence-corrected chi connectivity index (χ2v) is 12.8. The Labute approximate surface area is 241 Å². The van der Waals surface area contributed by atoms with E-state index in [4.69, 9.17) is 17.3 Å². The lowest BCUT2D eigenvalue weighted by Gasteiger charge is -2.55. The second-order valence-electron chi connectivity index (χ2n) is 12.4. The molecule has 40 heavy (non-hydrogen) atoms. The van der Waals surface area contributed by atoms with E-state index in [1.807, 2.05) is 62.1 Å². The fourth-order valence-corrected chi connectivity index (χ4v) is 8.41. The summed E-state index contributed by atoms with van der Waals surface area (Å²) >= 11 is 6.65. The van der Waals surface area contributed by atoms with Gasteiger partial charge in [-0.1, -0.05) is 61.7 Å². The maximum Gasteiger partial charge on any atom is 0.311 e. The van der Waals surface area contributed by atoms with E-state index in [2.05, 4.69) is 4.90 Å². The molecule has 0 spiro atoms. The van der Waals surface area contributed by atoms with Gasteiger partial charge in [-0.15, -0.1) is 0 Å². The number of fused-ring (bicyclic) bond motifs is 1. The molecule has 0 bridgehead atoms. The van der Waals surface area contributed by atoms with Crippen LogP contribution in [0.15, 0.2) is 36.4 Å². The van der Waals surface area contributed by atoms with Gasteiger partial charge in [0.05, 0.1) is 16.9 Å². The monoisotopic (exact) mass is 565 g/mol. The van der Waals surface area contributed by atoms with Crippen LogP contribution in [0.3, 0.4) is 0 Å². The summed E-state index contributed by atoms with van der Waals surface area (Å²) in [6.07, 6.45) is 2.48. The van der Waals surface area contributed by atoms with Gasteiger partial charge in [0, 0.05) is 36.8 Å². The molecule has 0 radical (unpaired) electrons. The molecule has 2 saturated heterocycles. The number of carboxylic acid groups (broad SMARTS) is 1. The Morgan fingerprint density at radius 3 is 2.05 bits per heavy atom. The van der Waals surface area contributed by atoms with Crippen molar-refractivity contribution < 1.29 is 19.5 Å². The van der Waals surface area contributed by atoms with Crippen molar-refractivity contribution in [2.75, 3.05) is 26.2 Å². The Hall–Kier alpha value is -2.90. The van der Waals surface area contributed by atoms with Crippen molar-refractivity contribution in [3.8, 4) is 0 Å². The van der Waals surface area contributed by atoms with Crippen LogP contribution in [-0.2, 0) is 15.1 Å². The van der Waals surface area contributed by atoms with Crippen molar-refractivity contribution in [2.24, 2.45) is 28.9 Å². The Kier molecular flexibility index (Phi) is 7.51. The van der Waals surface area contributed by atoms with E-state index in [1.165, 1.54) is 0 Å². The van der Waals surface area contributed by atoms with E-state index in [9.17, 15) is 19.5 Å². The lowest BCUT2D eigenvalue weighted by molar-refractivity contribution is -0.169. The van der Waals surface area contributed by atoms with E-state index >= 15 is 0 Å². The van der Waals surface area contributed by atoms with Crippen molar-refractivity contribution >= 4 is 29.4 Å². The Balaban J connectivity index is 1.56. The molecule has 2 aromatic rings. The van der Waals surface area contributed by atoms with Crippen LogP contribution in [0.2, 0.25) is 5.02 Å². The second kappa shape index (κ2) is 10.5. The number of nitrogens with two attached hydrogens (primary N) is 1. The first kappa shape index (κ1) is 28.6. The summed E-state index contributed by atoms with van der Waals surface area (Å²) in [6, 6.07) is 11.6. The first-order chi connectivity index (χ1) is 18.9. The fraction of sp³-hybridized carbons (Fsp3) is 0.531. The molecule has 3 aliphatic rings. The van der Waals surface area contributed by atoms with E-state index < -0.39 is 28.7 Å². The standard InChI is InChI=1S/C32H40ClN3O4/c1-19-10-11-25(14-26(19)33)32(22(4)28(34)37,31(30(39)40)12-5-6-13-31)36-17-23-15-35(16-24(23)18-36)29(38)27-20(2)8-7-9-21(27)3/h7-11,14,22-24H,5-6,12-13,15-18H2,1-4H3,(H2,34,37)(H,39,40). The van der Waals surface area contributed by atoms with E-state index in [0.29, 0.717) is 44.0 Å². The van der Waals surface area contributed by atoms with Gasteiger partial charge in [0.25, 0.3) is 5.91 Å². The van der Waals surface area contributed by atoms with Crippen LogP contribution >= 0.6 is 11.6 Å². The number of carboxylic acids is 1. The number of carbonyl (C=O) groups excluding carboxylic acids is 2. The third kappa shape index (κ3) is 4.24. The van der Waals surface area contributed by atoms with Crippen LogP contribution in [0.5, 0.6) is 0 Å². The van der Waals surface area contributed by atoms with Crippen LogP contribution in [0, 0.1) is 43.9 Å². The molecule has 8 heteroatoms. The number of aryl methyl sites for hydroxylation is 3. The van der Waals surface area contributed by atoms with Gasteiger partial charge in [0.1, 0.15) is 0 Å². The Morgan fingerprint density at radius 2 is 1.55 bits per heavy atom. The summed E-state index contributed by atoms with van der Waals surface area (Å²) in [5.74, 6) is -1.79. The van der Waals surface area contributed by atoms with E-state index in [0.717, 1.165) is 40.7 Å². The molecule has 2 aliphatic heterocycles. The molecule has 1 aliphatic carbocycles.